The maximum atomic E-state index is 12.4. The molecule has 3 rings (SSSR count). The highest BCUT2D eigenvalue weighted by molar-refractivity contribution is 5.99. The van der Waals surface area contributed by atoms with Crippen LogP contribution in [0.3, 0.4) is 0 Å². The van der Waals surface area contributed by atoms with Gasteiger partial charge >= 0.3 is 0 Å². The molecular weight excluding hydrogens is 254 g/mol. The highest BCUT2D eigenvalue weighted by atomic mass is 16.2. The molecule has 20 heavy (non-hydrogen) atoms. The number of amides is 1. The summed E-state index contributed by atoms with van der Waals surface area (Å²) in [4.78, 5) is 16.6. The number of hydrogen-bond acceptors (Lipinski definition) is 4. The van der Waals surface area contributed by atoms with Gasteiger partial charge in [-0.25, -0.2) is 9.67 Å². The van der Waals surface area contributed by atoms with Crippen molar-refractivity contribution >= 4 is 11.6 Å². The summed E-state index contributed by atoms with van der Waals surface area (Å²) in [6, 6.07) is 5.39. The zero-order chi connectivity index (χ0) is 14.0. The minimum absolute atomic E-state index is 0.142. The van der Waals surface area contributed by atoms with Crippen molar-refractivity contribution < 1.29 is 4.79 Å². The molecule has 104 valence electrons. The lowest BCUT2D eigenvalue weighted by molar-refractivity contribution is -0.121. The lowest BCUT2D eigenvalue weighted by Crippen LogP contribution is -2.48. The van der Waals surface area contributed by atoms with Crippen LogP contribution in [0.4, 0.5) is 5.69 Å². The van der Waals surface area contributed by atoms with Gasteiger partial charge in [-0.15, -0.1) is 0 Å². The number of nitrogens with two attached hydrogens (primary N) is 1. The number of pyridine rings is 1. The molecule has 6 heteroatoms. The highest BCUT2D eigenvalue weighted by Gasteiger charge is 2.37. The molecule has 1 aliphatic rings. The predicted molar refractivity (Wildman–Crippen MR) is 75.4 cm³/mol. The lowest BCUT2D eigenvalue weighted by atomic mass is 9.98. The van der Waals surface area contributed by atoms with Crippen LogP contribution in [0.2, 0.25) is 0 Å². The quantitative estimate of drug-likeness (QED) is 0.885. The molecule has 1 saturated carbocycles. The molecule has 2 aromatic rings. The summed E-state index contributed by atoms with van der Waals surface area (Å²) in [5.74, 6) is 0.448. The Kier molecular flexibility index (Phi) is 3.23. The molecule has 0 saturated heterocycles. The summed E-state index contributed by atoms with van der Waals surface area (Å²) >= 11 is 0. The normalized spacial score (nSPS) is 17.1. The minimum atomic E-state index is -0.753. The average molecular weight is 271 g/mol. The zero-order valence-electron chi connectivity index (χ0n) is 11.1. The van der Waals surface area contributed by atoms with Crippen molar-refractivity contribution in [3.8, 4) is 5.82 Å². The summed E-state index contributed by atoms with van der Waals surface area (Å²) in [6.45, 7) is 0. The molecule has 2 heterocycles. The topological polar surface area (TPSA) is 85.8 Å². The van der Waals surface area contributed by atoms with Crippen LogP contribution >= 0.6 is 0 Å². The molecule has 1 amide bonds. The van der Waals surface area contributed by atoms with Gasteiger partial charge in [0.15, 0.2) is 5.82 Å². The van der Waals surface area contributed by atoms with E-state index in [0.29, 0.717) is 11.5 Å². The fourth-order valence-corrected chi connectivity index (χ4v) is 2.55. The first-order chi connectivity index (χ1) is 9.69. The number of aromatic nitrogens is 3. The summed E-state index contributed by atoms with van der Waals surface area (Å²) in [5, 5.41) is 7.03. The maximum Gasteiger partial charge on any atom is 0.244 e. The van der Waals surface area contributed by atoms with E-state index in [4.69, 9.17) is 5.73 Å². The fraction of sp³-hybridized carbons (Fsp3) is 0.357. The molecule has 6 nitrogen and oxygen atoms in total. The third kappa shape index (κ3) is 2.30. The first-order valence-electron chi connectivity index (χ1n) is 6.74. The molecule has 0 bridgehead atoms. The smallest absolute Gasteiger partial charge is 0.244 e. The van der Waals surface area contributed by atoms with Crippen molar-refractivity contribution in [3.05, 3.63) is 36.8 Å². The third-order valence-corrected chi connectivity index (χ3v) is 3.70. The van der Waals surface area contributed by atoms with Crippen molar-refractivity contribution in [2.75, 3.05) is 5.32 Å². The van der Waals surface area contributed by atoms with E-state index < -0.39 is 5.54 Å². The second-order valence-electron chi connectivity index (χ2n) is 5.14. The molecule has 1 aliphatic carbocycles. The second kappa shape index (κ2) is 5.05. The molecule has 0 unspecified atom stereocenters. The van der Waals surface area contributed by atoms with Gasteiger partial charge in [-0.1, -0.05) is 12.8 Å². The molecule has 0 atom stereocenters. The van der Waals surface area contributed by atoms with E-state index in [1.807, 2.05) is 6.07 Å². The fourth-order valence-electron chi connectivity index (χ4n) is 2.55. The van der Waals surface area contributed by atoms with Crippen molar-refractivity contribution in [3.63, 3.8) is 0 Å². The van der Waals surface area contributed by atoms with Crippen molar-refractivity contribution in [1.82, 2.24) is 14.8 Å². The number of rotatable bonds is 3. The number of carbonyl (C=O) groups excluding carboxylic acids is 1. The molecule has 1 fully saturated rings. The van der Waals surface area contributed by atoms with Crippen LogP contribution < -0.4 is 11.1 Å². The van der Waals surface area contributed by atoms with Crippen molar-refractivity contribution in [2.24, 2.45) is 5.73 Å². The van der Waals surface area contributed by atoms with Crippen LogP contribution in [-0.2, 0) is 4.79 Å². The van der Waals surface area contributed by atoms with Gasteiger partial charge in [-0.05, 0) is 31.0 Å². The Labute approximate surface area is 117 Å². The monoisotopic (exact) mass is 271 g/mol. The largest absolute Gasteiger partial charge is 0.321 e. The van der Waals surface area contributed by atoms with Gasteiger partial charge in [0, 0.05) is 18.6 Å². The van der Waals surface area contributed by atoms with Gasteiger partial charge in [-0.2, -0.15) is 5.10 Å². The predicted octanol–water partition coefficient (Wildman–Crippen LogP) is 1.48. The number of carbonyl (C=O) groups is 1. The van der Waals surface area contributed by atoms with Gasteiger partial charge in [0.2, 0.25) is 5.91 Å². The van der Waals surface area contributed by atoms with Crippen molar-refractivity contribution in [2.45, 2.75) is 31.2 Å². The van der Waals surface area contributed by atoms with Gasteiger partial charge in [0.05, 0.1) is 11.2 Å². The van der Waals surface area contributed by atoms with Crippen LogP contribution in [0.25, 0.3) is 5.82 Å². The molecular formula is C14H17N5O. The van der Waals surface area contributed by atoms with Crippen molar-refractivity contribution in [1.29, 1.82) is 0 Å². The van der Waals surface area contributed by atoms with Gasteiger partial charge in [0.1, 0.15) is 0 Å². The summed E-state index contributed by atoms with van der Waals surface area (Å²) < 4.78 is 1.62. The Morgan fingerprint density at radius 2 is 2.10 bits per heavy atom. The van der Waals surface area contributed by atoms with Gasteiger partial charge < -0.3 is 11.1 Å². The molecule has 0 radical (unpaired) electrons. The van der Waals surface area contributed by atoms with E-state index in [2.05, 4.69) is 15.4 Å². The molecule has 0 spiro atoms. The second-order valence-corrected chi connectivity index (χ2v) is 5.14. The minimum Gasteiger partial charge on any atom is -0.321 e. The van der Waals surface area contributed by atoms with E-state index >= 15 is 0 Å². The molecule has 3 N–H and O–H groups in total. The standard InChI is InChI=1S/C14H17N5O/c15-14(6-1-2-7-14)13(20)18-11-5-3-8-16-12(11)19-10-4-9-17-19/h3-5,8-10H,1-2,6-7,15H2,(H,18,20). The van der Waals surface area contributed by atoms with E-state index in [9.17, 15) is 4.79 Å². The summed E-state index contributed by atoms with van der Waals surface area (Å²) in [7, 11) is 0. The molecule has 0 aliphatic heterocycles. The number of anilines is 1. The van der Waals surface area contributed by atoms with Crippen LogP contribution in [0.15, 0.2) is 36.8 Å². The van der Waals surface area contributed by atoms with Crippen LogP contribution in [0, 0.1) is 0 Å². The Balaban J connectivity index is 1.86. The number of nitrogens with zero attached hydrogens (tertiary/aromatic N) is 3. The van der Waals surface area contributed by atoms with E-state index in [1.165, 1.54) is 0 Å². The highest BCUT2D eigenvalue weighted by Crippen LogP contribution is 2.29. The lowest BCUT2D eigenvalue weighted by Gasteiger charge is -2.22. The Bertz CT molecular complexity index is 602. The number of hydrogen-bond donors (Lipinski definition) is 2. The zero-order valence-corrected chi connectivity index (χ0v) is 11.1. The van der Waals surface area contributed by atoms with Gasteiger partial charge in [0.25, 0.3) is 0 Å². The first kappa shape index (κ1) is 12.8. The van der Waals surface area contributed by atoms with Crippen LogP contribution in [0.5, 0.6) is 0 Å². The van der Waals surface area contributed by atoms with E-state index in [0.717, 1.165) is 25.7 Å². The maximum absolute atomic E-state index is 12.4. The Morgan fingerprint density at radius 3 is 2.80 bits per heavy atom. The van der Waals surface area contributed by atoms with E-state index in [1.54, 1.807) is 35.4 Å². The van der Waals surface area contributed by atoms with Crippen LogP contribution in [-0.4, -0.2) is 26.2 Å². The summed E-state index contributed by atoms with van der Waals surface area (Å²) in [6.07, 6.45) is 8.59. The average Bonchev–Trinajstić information content (AvgIpc) is 3.11. The van der Waals surface area contributed by atoms with Crippen LogP contribution in [0.1, 0.15) is 25.7 Å². The first-order valence-corrected chi connectivity index (χ1v) is 6.74. The third-order valence-electron chi connectivity index (χ3n) is 3.70. The Morgan fingerprint density at radius 1 is 1.30 bits per heavy atom. The van der Waals surface area contributed by atoms with E-state index in [-0.39, 0.29) is 5.91 Å². The molecule has 2 aromatic heterocycles. The van der Waals surface area contributed by atoms with Gasteiger partial charge in [-0.3, -0.25) is 4.79 Å². The number of nitrogens with one attached hydrogen (secondary N) is 1. The summed E-state index contributed by atoms with van der Waals surface area (Å²) in [5.41, 5.74) is 6.03. The SMILES string of the molecule is NC1(C(=O)Nc2cccnc2-n2cccn2)CCCC1. The molecule has 0 aromatic carbocycles. The Hall–Kier alpha value is -2.21.